The molecule has 0 saturated carbocycles. The van der Waals surface area contributed by atoms with Crippen molar-refractivity contribution in [3.63, 3.8) is 0 Å². The van der Waals surface area contributed by atoms with Gasteiger partial charge in [-0.15, -0.1) is 11.3 Å². The van der Waals surface area contributed by atoms with E-state index in [9.17, 15) is 18.8 Å². The molecule has 6 nitrogen and oxygen atoms in total. The predicted octanol–water partition coefficient (Wildman–Crippen LogP) is 3.24. The Bertz CT molecular complexity index is 1030. The standard InChI is InChI=1S/C19H11FN2O4S/c20-12-7-5-11(6-8-12)9-16-21-10-15(27-16)19(25)26-22-17(23)13-3-1-2-4-14(13)18(22)24/h1-8,10H,9H2. The van der Waals surface area contributed by atoms with Crippen molar-refractivity contribution in [1.29, 1.82) is 0 Å². The van der Waals surface area contributed by atoms with Gasteiger partial charge in [0.2, 0.25) is 0 Å². The van der Waals surface area contributed by atoms with Gasteiger partial charge in [0.15, 0.2) is 0 Å². The summed E-state index contributed by atoms with van der Waals surface area (Å²) in [4.78, 5) is 46.1. The Morgan fingerprint density at radius 3 is 2.30 bits per heavy atom. The Labute approximate surface area is 156 Å². The molecule has 0 aliphatic carbocycles. The molecule has 0 atom stereocenters. The summed E-state index contributed by atoms with van der Waals surface area (Å²) in [5, 5.41) is 1.09. The fourth-order valence-corrected chi connectivity index (χ4v) is 3.47. The van der Waals surface area contributed by atoms with Gasteiger partial charge in [-0.3, -0.25) is 9.59 Å². The number of aromatic nitrogens is 1. The molecule has 134 valence electrons. The molecular formula is C19H11FN2O4S. The summed E-state index contributed by atoms with van der Waals surface area (Å²) < 4.78 is 13.0. The second kappa shape index (κ2) is 6.73. The van der Waals surface area contributed by atoms with Crippen molar-refractivity contribution in [2.45, 2.75) is 6.42 Å². The van der Waals surface area contributed by atoms with Crippen LogP contribution < -0.4 is 0 Å². The molecule has 0 bridgehead atoms. The van der Waals surface area contributed by atoms with Crippen molar-refractivity contribution >= 4 is 29.1 Å². The summed E-state index contributed by atoms with van der Waals surface area (Å²) in [5.74, 6) is -2.53. The highest BCUT2D eigenvalue weighted by Gasteiger charge is 2.39. The van der Waals surface area contributed by atoms with Crippen LogP contribution in [0.2, 0.25) is 0 Å². The second-order valence-corrected chi connectivity index (χ2v) is 6.87. The second-order valence-electron chi connectivity index (χ2n) is 5.75. The quantitative estimate of drug-likeness (QED) is 0.648. The van der Waals surface area contributed by atoms with Gasteiger partial charge in [-0.2, -0.15) is 0 Å². The molecule has 2 aromatic carbocycles. The van der Waals surface area contributed by atoms with Crippen LogP contribution in [0.5, 0.6) is 0 Å². The third-order valence-corrected chi connectivity index (χ3v) is 4.93. The highest BCUT2D eigenvalue weighted by atomic mass is 32.1. The van der Waals surface area contributed by atoms with Gasteiger partial charge in [-0.1, -0.05) is 29.3 Å². The van der Waals surface area contributed by atoms with Gasteiger partial charge in [0.1, 0.15) is 10.7 Å². The number of thiazole rings is 1. The number of nitrogens with zero attached hydrogens (tertiary/aromatic N) is 2. The number of carbonyl (C=O) groups excluding carboxylic acids is 3. The van der Waals surface area contributed by atoms with Crippen LogP contribution in [-0.2, 0) is 11.3 Å². The van der Waals surface area contributed by atoms with Gasteiger partial charge in [0, 0.05) is 6.42 Å². The van der Waals surface area contributed by atoms with Crippen LogP contribution in [0, 0.1) is 5.82 Å². The highest BCUT2D eigenvalue weighted by molar-refractivity contribution is 7.13. The molecule has 0 unspecified atom stereocenters. The van der Waals surface area contributed by atoms with Crippen LogP contribution in [-0.4, -0.2) is 27.8 Å². The summed E-state index contributed by atoms with van der Waals surface area (Å²) in [6.07, 6.45) is 1.75. The highest BCUT2D eigenvalue weighted by Crippen LogP contribution is 2.24. The maximum absolute atomic E-state index is 13.0. The van der Waals surface area contributed by atoms with Crippen molar-refractivity contribution in [2.75, 3.05) is 0 Å². The first kappa shape index (κ1) is 17.0. The van der Waals surface area contributed by atoms with Gasteiger partial charge < -0.3 is 4.84 Å². The zero-order chi connectivity index (χ0) is 19.0. The average molecular weight is 382 g/mol. The SMILES string of the molecule is O=C(ON1C(=O)c2ccccc2C1=O)c1cnc(Cc2ccc(F)cc2)s1. The summed E-state index contributed by atoms with van der Waals surface area (Å²) in [6, 6.07) is 12.2. The zero-order valence-electron chi connectivity index (χ0n) is 13.7. The first-order valence-corrected chi connectivity index (χ1v) is 8.74. The van der Waals surface area contributed by atoms with E-state index in [2.05, 4.69) is 4.98 Å². The largest absolute Gasteiger partial charge is 0.375 e. The molecule has 27 heavy (non-hydrogen) atoms. The number of carbonyl (C=O) groups is 3. The lowest BCUT2D eigenvalue weighted by Gasteiger charge is -2.11. The number of hydroxylamine groups is 2. The molecule has 0 radical (unpaired) electrons. The van der Waals surface area contributed by atoms with E-state index in [1.807, 2.05) is 0 Å². The molecule has 1 aromatic heterocycles. The molecule has 0 saturated heterocycles. The molecular weight excluding hydrogens is 371 g/mol. The van der Waals surface area contributed by atoms with Crippen molar-refractivity contribution in [3.05, 3.63) is 87.1 Å². The Morgan fingerprint density at radius 1 is 1.04 bits per heavy atom. The molecule has 0 fully saturated rings. The molecule has 4 rings (SSSR count). The number of hydrogen-bond acceptors (Lipinski definition) is 6. The normalized spacial score (nSPS) is 13.0. The Balaban J connectivity index is 1.47. The number of rotatable bonds is 4. The van der Waals surface area contributed by atoms with E-state index in [1.165, 1.54) is 30.5 Å². The number of amides is 2. The molecule has 2 heterocycles. The lowest BCUT2D eigenvalue weighted by Crippen LogP contribution is -2.32. The lowest BCUT2D eigenvalue weighted by atomic mass is 10.1. The van der Waals surface area contributed by atoms with E-state index in [4.69, 9.17) is 4.84 Å². The van der Waals surface area contributed by atoms with Crippen LogP contribution in [0.1, 0.15) is 41.0 Å². The predicted molar refractivity (Wildman–Crippen MR) is 93.7 cm³/mol. The number of benzene rings is 2. The van der Waals surface area contributed by atoms with Crippen molar-refractivity contribution in [2.24, 2.45) is 0 Å². The summed E-state index contributed by atoms with van der Waals surface area (Å²) >= 11 is 1.08. The van der Waals surface area contributed by atoms with Gasteiger partial charge in [0.05, 0.1) is 22.3 Å². The summed E-state index contributed by atoms with van der Waals surface area (Å²) in [7, 11) is 0. The number of hydrogen-bond donors (Lipinski definition) is 0. The molecule has 1 aliphatic heterocycles. The minimum Gasteiger partial charge on any atom is -0.323 e. The third kappa shape index (κ3) is 3.22. The maximum Gasteiger partial charge on any atom is 0.375 e. The van der Waals surface area contributed by atoms with E-state index in [0.717, 1.165) is 16.9 Å². The summed E-state index contributed by atoms with van der Waals surface area (Å²) in [5.41, 5.74) is 1.22. The van der Waals surface area contributed by atoms with Crippen LogP contribution in [0.15, 0.2) is 54.7 Å². The van der Waals surface area contributed by atoms with Crippen molar-refractivity contribution in [1.82, 2.24) is 10.0 Å². The van der Waals surface area contributed by atoms with Gasteiger partial charge in [-0.05, 0) is 29.8 Å². The monoisotopic (exact) mass is 382 g/mol. The van der Waals surface area contributed by atoms with Gasteiger partial charge >= 0.3 is 5.97 Å². The molecule has 1 aliphatic rings. The van der Waals surface area contributed by atoms with Gasteiger partial charge in [-0.25, -0.2) is 14.2 Å². The van der Waals surface area contributed by atoms with Crippen LogP contribution in [0.25, 0.3) is 0 Å². The zero-order valence-corrected chi connectivity index (χ0v) is 14.5. The maximum atomic E-state index is 13.0. The topological polar surface area (TPSA) is 76.6 Å². The van der Waals surface area contributed by atoms with E-state index in [-0.39, 0.29) is 21.8 Å². The minimum absolute atomic E-state index is 0.156. The minimum atomic E-state index is -0.840. The Morgan fingerprint density at radius 2 is 1.67 bits per heavy atom. The summed E-state index contributed by atoms with van der Waals surface area (Å²) in [6.45, 7) is 0. The van der Waals surface area contributed by atoms with E-state index >= 15 is 0 Å². The van der Waals surface area contributed by atoms with E-state index in [0.29, 0.717) is 16.5 Å². The molecule has 2 amide bonds. The number of fused-ring (bicyclic) bond motifs is 1. The third-order valence-electron chi connectivity index (χ3n) is 3.95. The van der Waals surface area contributed by atoms with Crippen LogP contribution >= 0.6 is 11.3 Å². The fraction of sp³-hybridized carbons (Fsp3) is 0.0526. The first-order valence-electron chi connectivity index (χ1n) is 7.92. The number of imide groups is 1. The smallest absolute Gasteiger partial charge is 0.323 e. The first-order chi connectivity index (χ1) is 13.0. The lowest BCUT2D eigenvalue weighted by molar-refractivity contribution is -0.0581. The van der Waals surface area contributed by atoms with Gasteiger partial charge in [0.25, 0.3) is 11.8 Å². The Hall–Kier alpha value is -3.39. The molecule has 0 N–H and O–H groups in total. The van der Waals surface area contributed by atoms with Crippen LogP contribution in [0.4, 0.5) is 4.39 Å². The molecule has 0 spiro atoms. The van der Waals surface area contributed by atoms with Crippen molar-refractivity contribution in [3.8, 4) is 0 Å². The van der Waals surface area contributed by atoms with E-state index in [1.54, 1.807) is 24.3 Å². The van der Waals surface area contributed by atoms with Crippen LogP contribution in [0.3, 0.4) is 0 Å². The number of halogens is 1. The van der Waals surface area contributed by atoms with E-state index < -0.39 is 17.8 Å². The fourth-order valence-electron chi connectivity index (χ4n) is 2.64. The molecule has 3 aromatic rings. The Kier molecular flexibility index (Phi) is 4.25. The molecule has 8 heteroatoms. The average Bonchev–Trinajstić information content (AvgIpc) is 3.23. The van der Waals surface area contributed by atoms with Crippen molar-refractivity contribution < 1.29 is 23.6 Å².